The molecule has 2 atom stereocenters. The van der Waals surface area contributed by atoms with Crippen molar-refractivity contribution in [3.8, 4) is 11.5 Å². The van der Waals surface area contributed by atoms with Crippen LogP contribution in [-0.2, 0) is 22.4 Å². The van der Waals surface area contributed by atoms with Gasteiger partial charge in [-0.1, -0.05) is 42.5 Å². The molecule has 192 valence electrons. The number of fused-ring (bicyclic) bond motifs is 2. The smallest absolute Gasteiger partial charge is 0.301 e. The van der Waals surface area contributed by atoms with Gasteiger partial charge < -0.3 is 14.6 Å². The number of carbonyl (C=O) groups is 2. The van der Waals surface area contributed by atoms with E-state index in [4.69, 9.17) is 9.47 Å². The number of benzene rings is 3. The highest BCUT2D eigenvalue weighted by atomic mass is 32.1. The SMILES string of the molecule is CCc1ccc(C2/C(=C(\O)c3ccc4c(c3)CC(C)O4)C(=O)C(=O)N2c2nc3ccc(OC)cc3s2)cc1. The predicted molar refractivity (Wildman–Crippen MR) is 147 cm³/mol. The van der Waals surface area contributed by atoms with Crippen LogP contribution in [0, 0.1) is 0 Å². The number of ketones is 1. The summed E-state index contributed by atoms with van der Waals surface area (Å²) in [6, 6.07) is 17.8. The third-order valence-corrected chi connectivity index (χ3v) is 8.13. The second-order valence-corrected chi connectivity index (χ2v) is 10.6. The fourth-order valence-electron chi connectivity index (χ4n) is 5.13. The van der Waals surface area contributed by atoms with E-state index >= 15 is 0 Å². The van der Waals surface area contributed by atoms with Crippen molar-refractivity contribution >= 4 is 44.1 Å². The Kier molecular flexibility index (Phi) is 5.91. The first kappa shape index (κ1) is 24.2. The highest BCUT2D eigenvalue weighted by Crippen LogP contribution is 2.45. The molecule has 2 aliphatic rings. The molecule has 6 rings (SSSR count). The third kappa shape index (κ3) is 3.92. The number of anilines is 1. The molecule has 0 aliphatic carbocycles. The van der Waals surface area contributed by atoms with E-state index in [0.717, 1.165) is 33.6 Å². The molecule has 38 heavy (non-hydrogen) atoms. The number of nitrogens with zero attached hydrogens (tertiary/aromatic N) is 2. The lowest BCUT2D eigenvalue weighted by molar-refractivity contribution is -0.132. The van der Waals surface area contributed by atoms with Crippen LogP contribution >= 0.6 is 11.3 Å². The van der Waals surface area contributed by atoms with E-state index in [1.807, 2.05) is 49.4 Å². The Morgan fingerprint density at radius 1 is 1.13 bits per heavy atom. The fraction of sp³-hybridized carbons (Fsp3) is 0.233. The van der Waals surface area contributed by atoms with Gasteiger partial charge in [-0.2, -0.15) is 0 Å². The van der Waals surface area contributed by atoms with Crippen molar-refractivity contribution in [1.82, 2.24) is 4.98 Å². The normalized spacial score (nSPS) is 20.1. The first-order chi connectivity index (χ1) is 18.4. The van der Waals surface area contributed by atoms with Crippen LogP contribution in [0.5, 0.6) is 11.5 Å². The molecule has 1 aromatic heterocycles. The zero-order valence-corrected chi connectivity index (χ0v) is 22.0. The van der Waals surface area contributed by atoms with Crippen LogP contribution in [0.25, 0.3) is 16.0 Å². The van der Waals surface area contributed by atoms with Gasteiger partial charge in [0.15, 0.2) is 5.13 Å². The minimum Gasteiger partial charge on any atom is -0.507 e. The molecule has 0 radical (unpaired) electrons. The molecule has 3 heterocycles. The summed E-state index contributed by atoms with van der Waals surface area (Å²) in [7, 11) is 1.59. The summed E-state index contributed by atoms with van der Waals surface area (Å²) in [5, 5.41) is 11.9. The van der Waals surface area contributed by atoms with Crippen molar-refractivity contribution in [1.29, 1.82) is 0 Å². The van der Waals surface area contributed by atoms with Crippen molar-refractivity contribution < 1.29 is 24.2 Å². The average Bonchev–Trinajstić information content (AvgIpc) is 3.60. The molecule has 0 spiro atoms. The van der Waals surface area contributed by atoms with Crippen LogP contribution in [0.4, 0.5) is 5.13 Å². The van der Waals surface area contributed by atoms with Crippen LogP contribution in [0.2, 0.25) is 0 Å². The molecule has 7 nitrogen and oxygen atoms in total. The van der Waals surface area contributed by atoms with E-state index in [2.05, 4.69) is 11.9 Å². The van der Waals surface area contributed by atoms with Gasteiger partial charge in [0.05, 0.1) is 28.9 Å². The summed E-state index contributed by atoms with van der Waals surface area (Å²) < 4.78 is 12.0. The van der Waals surface area contributed by atoms with Gasteiger partial charge in [-0.15, -0.1) is 0 Å². The molecule has 0 saturated carbocycles. The zero-order valence-electron chi connectivity index (χ0n) is 21.2. The molecule has 0 bridgehead atoms. The quantitative estimate of drug-likeness (QED) is 0.200. The Bertz CT molecular complexity index is 1620. The van der Waals surface area contributed by atoms with Gasteiger partial charge in [0.1, 0.15) is 23.4 Å². The van der Waals surface area contributed by atoms with Gasteiger partial charge in [0.25, 0.3) is 5.78 Å². The first-order valence-corrected chi connectivity index (χ1v) is 13.3. The Labute approximate surface area is 224 Å². The molecule has 1 saturated heterocycles. The zero-order chi connectivity index (χ0) is 26.6. The van der Waals surface area contributed by atoms with Crippen molar-refractivity contribution in [2.75, 3.05) is 12.0 Å². The van der Waals surface area contributed by atoms with Crippen molar-refractivity contribution in [3.05, 3.63) is 88.5 Å². The van der Waals surface area contributed by atoms with Crippen LogP contribution in [0.15, 0.2) is 66.2 Å². The van der Waals surface area contributed by atoms with E-state index in [1.54, 1.807) is 25.3 Å². The van der Waals surface area contributed by atoms with Crippen LogP contribution in [0.1, 0.15) is 42.1 Å². The van der Waals surface area contributed by atoms with Gasteiger partial charge in [-0.25, -0.2) is 4.98 Å². The molecule has 4 aromatic rings. The summed E-state index contributed by atoms with van der Waals surface area (Å²) in [5.74, 6) is -0.225. The second-order valence-electron chi connectivity index (χ2n) is 9.55. The van der Waals surface area contributed by atoms with Crippen LogP contribution in [-0.4, -0.2) is 35.0 Å². The third-order valence-electron chi connectivity index (χ3n) is 7.11. The largest absolute Gasteiger partial charge is 0.507 e. The number of aliphatic hydroxyl groups excluding tert-OH is 1. The van der Waals surface area contributed by atoms with Crippen LogP contribution < -0.4 is 14.4 Å². The Balaban J connectivity index is 1.52. The number of carbonyl (C=O) groups excluding carboxylic acids is 2. The molecule has 8 heteroatoms. The van der Waals surface area contributed by atoms with E-state index in [-0.39, 0.29) is 17.4 Å². The Morgan fingerprint density at radius 3 is 2.66 bits per heavy atom. The standard InChI is InChI=1S/C30H26N2O5S/c1-4-17-5-7-18(8-6-17)26-25(27(33)19-9-12-23-20(14-19)13-16(2)37-23)28(34)29(35)32(26)30-31-22-11-10-21(36-3)15-24(22)38-30/h5-12,14-16,26,33H,4,13H2,1-3H3/b27-25+. The van der Waals surface area contributed by atoms with Crippen molar-refractivity contribution in [2.45, 2.75) is 38.8 Å². The maximum atomic E-state index is 13.5. The maximum Gasteiger partial charge on any atom is 0.301 e. The summed E-state index contributed by atoms with van der Waals surface area (Å²) in [5.41, 5.74) is 4.02. The van der Waals surface area contributed by atoms with Gasteiger partial charge in [0.2, 0.25) is 0 Å². The molecule has 1 fully saturated rings. The number of aromatic nitrogens is 1. The summed E-state index contributed by atoms with van der Waals surface area (Å²) >= 11 is 1.30. The van der Waals surface area contributed by atoms with Crippen LogP contribution in [0.3, 0.4) is 0 Å². The van der Waals surface area contributed by atoms with Gasteiger partial charge in [-0.05, 0) is 66.4 Å². The number of hydrogen-bond acceptors (Lipinski definition) is 7. The lowest BCUT2D eigenvalue weighted by Gasteiger charge is -2.23. The van der Waals surface area contributed by atoms with Gasteiger partial charge >= 0.3 is 5.91 Å². The van der Waals surface area contributed by atoms with Crippen molar-refractivity contribution in [3.63, 3.8) is 0 Å². The number of aryl methyl sites for hydroxylation is 1. The Morgan fingerprint density at radius 2 is 1.92 bits per heavy atom. The van der Waals surface area contributed by atoms with Gasteiger partial charge in [-0.3, -0.25) is 14.5 Å². The molecule has 1 amide bonds. The van der Waals surface area contributed by atoms with E-state index in [9.17, 15) is 14.7 Å². The first-order valence-electron chi connectivity index (χ1n) is 12.5. The number of hydrogen-bond donors (Lipinski definition) is 1. The number of rotatable bonds is 5. The number of thiazole rings is 1. The Hall–Kier alpha value is -4.17. The minimum atomic E-state index is -0.827. The summed E-state index contributed by atoms with van der Waals surface area (Å²) in [6.45, 7) is 4.05. The average molecular weight is 527 g/mol. The molecule has 2 unspecified atom stereocenters. The lowest BCUT2D eigenvalue weighted by atomic mass is 9.94. The molecule has 3 aromatic carbocycles. The predicted octanol–water partition coefficient (Wildman–Crippen LogP) is 5.82. The summed E-state index contributed by atoms with van der Waals surface area (Å²) in [6.07, 6.45) is 1.61. The monoisotopic (exact) mass is 526 g/mol. The number of methoxy groups -OCH3 is 1. The topological polar surface area (TPSA) is 89.0 Å². The fourth-order valence-corrected chi connectivity index (χ4v) is 6.15. The molecular weight excluding hydrogens is 500 g/mol. The lowest BCUT2D eigenvalue weighted by Crippen LogP contribution is -2.29. The number of Topliss-reactive ketones (excluding diaryl/α,β-unsaturated/α-hetero) is 1. The maximum absolute atomic E-state index is 13.5. The number of amides is 1. The highest BCUT2D eigenvalue weighted by molar-refractivity contribution is 7.22. The summed E-state index contributed by atoms with van der Waals surface area (Å²) in [4.78, 5) is 33.2. The van der Waals surface area contributed by atoms with E-state index in [0.29, 0.717) is 28.4 Å². The van der Waals surface area contributed by atoms with Crippen molar-refractivity contribution in [2.24, 2.45) is 0 Å². The second kappa shape index (κ2) is 9.29. The molecular formula is C30H26N2O5S. The molecule has 2 aliphatic heterocycles. The van der Waals surface area contributed by atoms with E-state index in [1.165, 1.54) is 16.2 Å². The highest BCUT2D eigenvalue weighted by Gasteiger charge is 2.48. The number of ether oxygens (including phenoxy) is 2. The minimum absolute atomic E-state index is 0.0442. The van der Waals surface area contributed by atoms with E-state index < -0.39 is 17.7 Å². The molecule has 1 N–H and O–H groups in total. The van der Waals surface area contributed by atoms with Gasteiger partial charge in [0, 0.05) is 12.0 Å². The number of aliphatic hydroxyl groups is 1.